The molecule has 0 aliphatic heterocycles. The van der Waals surface area contributed by atoms with Gasteiger partial charge in [-0.05, 0) is 51.7 Å². The van der Waals surface area contributed by atoms with Crippen LogP contribution in [0.15, 0.2) is 43.0 Å². The third kappa shape index (κ3) is 11.2. The van der Waals surface area contributed by atoms with Gasteiger partial charge in [0.2, 0.25) is 11.8 Å². The van der Waals surface area contributed by atoms with Crippen molar-refractivity contribution < 1.29 is 28.7 Å². The molecule has 1 rings (SSSR count). The van der Waals surface area contributed by atoms with Crippen LogP contribution in [0.25, 0.3) is 0 Å². The topological polar surface area (TPSA) is 114 Å². The fourth-order valence-corrected chi connectivity index (χ4v) is 3.80. The van der Waals surface area contributed by atoms with Gasteiger partial charge in [0, 0.05) is 13.1 Å². The normalized spacial score (nSPS) is 12.6. The van der Waals surface area contributed by atoms with Crippen LogP contribution in [0.3, 0.4) is 0 Å². The number of rotatable bonds is 14. The van der Waals surface area contributed by atoms with Crippen LogP contribution >= 0.6 is 11.8 Å². The van der Waals surface area contributed by atoms with Crippen molar-refractivity contribution >= 4 is 35.6 Å². The van der Waals surface area contributed by atoms with Crippen molar-refractivity contribution in [1.82, 2.24) is 15.5 Å². The summed E-state index contributed by atoms with van der Waals surface area (Å²) in [5.41, 5.74) is -0.147. The predicted octanol–water partition coefficient (Wildman–Crippen LogP) is 3.46. The summed E-state index contributed by atoms with van der Waals surface area (Å²) in [7, 11) is 0. The van der Waals surface area contributed by atoms with E-state index in [1.54, 1.807) is 52.0 Å². The average Bonchev–Trinajstić information content (AvgIpc) is 2.80. The fraction of sp³-hybridized carbons (Fsp3) is 0.538. The smallest absolute Gasteiger partial charge is 0.408 e. The van der Waals surface area contributed by atoms with E-state index in [0.717, 1.165) is 0 Å². The van der Waals surface area contributed by atoms with Gasteiger partial charge in [0.25, 0.3) is 0 Å². The minimum Gasteiger partial charge on any atom is -0.466 e. The van der Waals surface area contributed by atoms with Gasteiger partial charge in [0.15, 0.2) is 0 Å². The molecule has 0 saturated carbocycles. The van der Waals surface area contributed by atoms with Gasteiger partial charge in [-0.15, -0.1) is 6.58 Å². The molecule has 0 spiro atoms. The molecule has 0 bridgehead atoms. The van der Waals surface area contributed by atoms with Crippen molar-refractivity contribution in [2.45, 2.75) is 58.2 Å². The standard InChI is InChI=1S/C26H39N3O6S/c1-7-17-29(24(32)20(15-18-36-6)28-25(33)35-26(3,4)5)22(19-12-10-9-11-13-19)23(31)27-16-14-21(30)34-8-2/h7,9-13,20,22H,1,8,14-18H2,2-6H3,(H,27,31)(H,28,33). The van der Waals surface area contributed by atoms with Crippen molar-refractivity contribution in [3.05, 3.63) is 48.6 Å². The maximum absolute atomic E-state index is 13.8. The third-order valence-electron chi connectivity index (χ3n) is 4.82. The molecule has 0 radical (unpaired) electrons. The summed E-state index contributed by atoms with van der Waals surface area (Å²) in [6, 6.07) is 6.93. The number of carbonyl (C=O) groups is 4. The molecule has 0 aliphatic carbocycles. The highest BCUT2D eigenvalue weighted by Gasteiger charge is 2.35. The summed E-state index contributed by atoms with van der Waals surface area (Å²) < 4.78 is 10.3. The zero-order valence-electron chi connectivity index (χ0n) is 21.9. The van der Waals surface area contributed by atoms with Crippen LogP contribution < -0.4 is 10.6 Å². The highest BCUT2D eigenvalue weighted by molar-refractivity contribution is 7.98. The molecule has 200 valence electrons. The molecule has 2 unspecified atom stereocenters. The second-order valence-corrected chi connectivity index (χ2v) is 9.90. The van der Waals surface area contributed by atoms with E-state index < -0.39 is 41.6 Å². The predicted molar refractivity (Wildman–Crippen MR) is 142 cm³/mol. The van der Waals surface area contributed by atoms with Gasteiger partial charge in [0.05, 0.1) is 13.0 Å². The van der Waals surface area contributed by atoms with Crippen LogP contribution in [0, 0.1) is 0 Å². The lowest BCUT2D eigenvalue weighted by atomic mass is 10.0. The molecule has 10 heteroatoms. The molecule has 3 amide bonds. The van der Waals surface area contributed by atoms with Gasteiger partial charge in [0.1, 0.15) is 17.7 Å². The Bertz CT molecular complexity index is 872. The van der Waals surface area contributed by atoms with Crippen LogP contribution in [-0.2, 0) is 23.9 Å². The van der Waals surface area contributed by atoms with Crippen LogP contribution in [0.2, 0.25) is 0 Å². The van der Waals surface area contributed by atoms with Gasteiger partial charge in [-0.1, -0.05) is 36.4 Å². The minimum absolute atomic E-state index is 0.00699. The minimum atomic E-state index is -1.00. The Morgan fingerprint density at radius 2 is 1.83 bits per heavy atom. The second-order valence-electron chi connectivity index (χ2n) is 8.92. The van der Waals surface area contributed by atoms with Gasteiger partial charge >= 0.3 is 12.1 Å². The highest BCUT2D eigenvalue weighted by atomic mass is 32.2. The Labute approximate surface area is 218 Å². The number of nitrogens with zero attached hydrogens (tertiary/aromatic N) is 1. The number of ether oxygens (including phenoxy) is 2. The first-order valence-corrected chi connectivity index (χ1v) is 13.3. The second kappa shape index (κ2) is 15.9. The molecule has 2 N–H and O–H groups in total. The van der Waals surface area contributed by atoms with E-state index in [4.69, 9.17) is 9.47 Å². The Balaban J connectivity index is 3.25. The maximum Gasteiger partial charge on any atom is 0.408 e. The van der Waals surface area contributed by atoms with E-state index in [-0.39, 0.29) is 26.1 Å². The molecule has 1 aromatic carbocycles. The van der Waals surface area contributed by atoms with Crippen LogP contribution in [-0.4, -0.2) is 72.1 Å². The molecule has 0 heterocycles. The summed E-state index contributed by atoms with van der Waals surface area (Å²) >= 11 is 1.54. The van der Waals surface area contributed by atoms with E-state index in [1.807, 2.05) is 12.3 Å². The number of hydrogen-bond donors (Lipinski definition) is 2. The SMILES string of the molecule is C=CCN(C(=O)C(CCSC)NC(=O)OC(C)(C)C)C(C(=O)NCCC(=O)OCC)c1ccccc1. The quantitative estimate of drug-likeness (QED) is 0.285. The molecule has 36 heavy (non-hydrogen) atoms. The first kappa shape index (κ1) is 31.0. The van der Waals surface area contributed by atoms with E-state index in [2.05, 4.69) is 17.2 Å². The number of carbonyl (C=O) groups excluding carboxylic acids is 4. The zero-order chi connectivity index (χ0) is 27.1. The fourth-order valence-electron chi connectivity index (χ4n) is 3.33. The van der Waals surface area contributed by atoms with Gasteiger partial charge in [-0.3, -0.25) is 14.4 Å². The van der Waals surface area contributed by atoms with Crippen molar-refractivity contribution in [3.63, 3.8) is 0 Å². The number of benzene rings is 1. The summed E-state index contributed by atoms with van der Waals surface area (Å²) in [5.74, 6) is -0.715. The Kier molecular flexibility index (Phi) is 13.7. The highest BCUT2D eigenvalue weighted by Crippen LogP contribution is 2.23. The molecule has 0 aromatic heterocycles. The van der Waals surface area contributed by atoms with Gasteiger partial charge in [-0.25, -0.2) is 4.79 Å². The third-order valence-corrected chi connectivity index (χ3v) is 5.46. The van der Waals surface area contributed by atoms with Crippen molar-refractivity contribution in [2.75, 3.05) is 31.7 Å². The van der Waals surface area contributed by atoms with Crippen molar-refractivity contribution in [3.8, 4) is 0 Å². The number of alkyl carbamates (subject to hydrolysis) is 1. The molecule has 0 aliphatic rings. The average molecular weight is 522 g/mol. The molecule has 1 aromatic rings. The number of thioether (sulfide) groups is 1. The summed E-state index contributed by atoms with van der Waals surface area (Å²) in [5, 5.41) is 5.41. The van der Waals surface area contributed by atoms with E-state index in [0.29, 0.717) is 17.7 Å². The molecule has 0 saturated heterocycles. The van der Waals surface area contributed by atoms with Crippen molar-refractivity contribution in [1.29, 1.82) is 0 Å². The lowest BCUT2D eigenvalue weighted by Gasteiger charge is -2.33. The van der Waals surface area contributed by atoms with Crippen LogP contribution in [0.5, 0.6) is 0 Å². The lowest BCUT2D eigenvalue weighted by Crippen LogP contribution is -2.53. The Morgan fingerprint density at radius 3 is 2.39 bits per heavy atom. The zero-order valence-corrected chi connectivity index (χ0v) is 22.7. The van der Waals surface area contributed by atoms with Gasteiger partial charge < -0.3 is 25.0 Å². The monoisotopic (exact) mass is 521 g/mol. The Hall–Kier alpha value is -3.01. The molecule has 0 fully saturated rings. The van der Waals surface area contributed by atoms with E-state index in [1.165, 1.54) is 22.7 Å². The number of esters is 1. The summed E-state index contributed by atoms with van der Waals surface area (Å²) in [6.07, 6.45) is 3.07. The number of nitrogens with one attached hydrogen (secondary N) is 2. The maximum atomic E-state index is 13.8. The van der Waals surface area contributed by atoms with Crippen LogP contribution in [0.1, 0.15) is 52.1 Å². The lowest BCUT2D eigenvalue weighted by molar-refractivity contribution is -0.144. The van der Waals surface area contributed by atoms with Crippen LogP contribution in [0.4, 0.5) is 4.79 Å². The van der Waals surface area contributed by atoms with E-state index >= 15 is 0 Å². The largest absolute Gasteiger partial charge is 0.466 e. The Morgan fingerprint density at radius 1 is 1.17 bits per heavy atom. The van der Waals surface area contributed by atoms with E-state index in [9.17, 15) is 19.2 Å². The summed E-state index contributed by atoms with van der Waals surface area (Å²) in [4.78, 5) is 52.7. The van der Waals surface area contributed by atoms with Crippen molar-refractivity contribution in [2.24, 2.45) is 0 Å². The number of hydrogen-bond acceptors (Lipinski definition) is 7. The van der Waals surface area contributed by atoms with Gasteiger partial charge in [-0.2, -0.15) is 11.8 Å². The first-order chi connectivity index (χ1) is 17.0. The number of amides is 3. The molecular weight excluding hydrogens is 482 g/mol. The molecular formula is C26H39N3O6S. The molecule has 2 atom stereocenters. The summed E-state index contributed by atoms with van der Waals surface area (Å²) in [6.45, 7) is 11.0. The first-order valence-electron chi connectivity index (χ1n) is 11.9. The molecule has 9 nitrogen and oxygen atoms in total.